The Kier molecular flexibility index (Phi) is 4.84. The van der Waals surface area contributed by atoms with Gasteiger partial charge in [-0.05, 0) is 36.4 Å². The maximum Gasteiger partial charge on any atom is 0.276 e. The first kappa shape index (κ1) is 17.2. The third-order valence-corrected chi connectivity index (χ3v) is 4.64. The number of para-hydroxylation sites is 1. The molecule has 27 heavy (non-hydrogen) atoms. The summed E-state index contributed by atoms with van der Waals surface area (Å²) in [6, 6.07) is 18.6. The number of hydrogen-bond acceptors (Lipinski definition) is 4. The molecule has 4 rings (SSSR count). The van der Waals surface area contributed by atoms with Crippen LogP contribution in [0, 0.1) is 0 Å². The van der Waals surface area contributed by atoms with E-state index < -0.39 is 0 Å². The zero-order valence-corrected chi connectivity index (χ0v) is 15.8. The lowest BCUT2D eigenvalue weighted by Gasteiger charge is -2.08. The Labute approximate surface area is 163 Å². The highest BCUT2D eigenvalue weighted by molar-refractivity contribution is 9.10. The number of anilines is 1. The van der Waals surface area contributed by atoms with E-state index in [1.807, 2.05) is 54.6 Å². The first-order valence-corrected chi connectivity index (χ1v) is 9.06. The molecular weight excluding hydrogens is 408 g/mol. The van der Waals surface area contributed by atoms with Crippen molar-refractivity contribution in [3.8, 4) is 5.75 Å². The number of pyridine rings is 1. The first-order valence-electron chi connectivity index (χ1n) is 8.26. The lowest BCUT2D eigenvalue weighted by atomic mass is 10.2. The molecule has 134 valence electrons. The number of carbonyl (C=O) groups is 1. The van der Waals surface area contributed by atoms with Crippen LogP contribution in [0.25, 0.3) is 10.9 Å². The van der Waals surface area contributed by atoms with Gasteiger partial charge in [0, 0.05) is 22.3 Å². The molecule has 0 saturated heterocycles. The minimum Gasteiger partial charge on any atom is -0.471 e. The molecule has 0 aliphatic heterocycles. The molecule has 0 spiro atoms. The smallest absolute Gasteiger partial charge is 0.276 e. The summed E-state index contributed by atoms with van der Waals surface area (Å²) < 4.78 is 8.12. The number of fused-ring (bicyclic) bond motifs is 1. The molecule has 0 saturated carbocycles. The number of rotatable bonds is 5. The van der Waals surface area contributed by atoms with Gasteiger partial charge in [0.2, 0.25) is 0 Å². The highest BCUT2D eigenvalue weighted by Gasteiger charge is 2.13. The van der Waals surface area contributed by atoms with Crippen molar-refractivity contribution in [1.29, 1.82) is 0 Å². The summed E-state index contributed by atoms with van der Waals surface area (Å²) in [5.41, 5.74) is 1.65. The number of nitrogens with one attached hydrogen (secondary N) is 1. The molecule has 0 bridgehead atoms. The van der Waals surface area contributed by atoms with Crippen molar-refractivity contribution in [2.75, 3.05) is 5.32 Å². The second-order valence-electron chi connectivity index (χ2n) is 5.78. The van der Waals surface area contributed by atoms with Gasteiger partial charge in [-0.2, -0.15) is 5.10 Å². The van der Waals surface area contributed by atoms with Crippen LogP contribution in [0.1, 0.15) is 10.5 Å². The quantitative estimate of drug-likeness (QED) is 0.514. The molecule has 1 amide bonds. The molecule has 0 aliphatic rings. The minimum atomic E-state index is -0.303. The van der Waals surface area contributed by atoms with E-state index in [0.29, 0.717) is 16.9 Å². The molecule has 2 aromatic heterocycles. The van der Waals surface area contributed by atoms with Crippen LogP contribution >= 0.6 is 15.9 Å². The van der Waals surface area contributed by atoms with Crippen molar-refractivity contribution in [1.82, 2.24) is 14.8 Å². The van der Waals surface area contributed by atoms with Gasteiger partial charge in [-0.1, -0.05) is 40.2 Å². The van der Waals surface area contributed by atoms with E-state index in [1.165, 1.54) is 0 Å². The van der Waals surface area contributed by atoms with Gasteiger partial charge in [-0.25, -0.2) is 4.68 Å². The minimum absolute atomic E-state index is 0.222. The maximum atomic E-state index is 12.6. The summed E-state index contributed by atoms with van der Waals surface area (Å²) in [7, 11) is 0. The fourth-order valence-corrected chi connectivity index (χ4v) is 3.09. The van der Waals surface area contributed by atoms with E-state index in [4.69, 9.17) is 4.74 Å². The zero-order valence-electron chi connectivity index (χ0n) is 14.2. The molecule has 2 aromatic carbocycles. The first-order chi connectivity index (χ1) is 13.2. The monoisotopic (exact) mass is 422 g/mol. The zero-order chi connectivity index (χ0) is 18.6. The Hall–Kier alpha value is -3.19. The van der Waals surface area contributed by atoms with Gasteiger partial charge in [0.25, 0.3) is 5.91 Å². The van der Waals surface area contributed by atoms with Gasteiger partial charge in [-0.3, -0.25) is 9.78 Å². The van der Waals surface area contributed by atoms with Crippen molar-refractivity contribution in [3.63, 3.8) is 0 Å². The third-order valence-electron chi connectivity index (χ3n) is 3.94. The Morgan fingerprint density at radius 1 is 1.07 bits per heavy atom. The van der Waals surface area contributed by atoms with Crippen LogP contribution in [0.2, 0.25) is 0 Å². The molecule has 0 fully saturated rings. The second-order valence-corrected chi connectivity index (χ2v) is 6.63. The molecular formula is C20H15BrN4O2. The fraction of sp³-hybridized carbons (Fsp3) is 0.0500. The number of nitrogens with zero attached hydrogens (tertiary/aromatic N) is 3. The largest absolute Gasteiger partial charge is 0.471 e. The van der Waals surface area contributed by atoms with Crippen LogP contribution in [-0.4, -0.2) is 20.7 Å². The lowest BCUT2D eigenvalue weighted by molar-refractivity contribution is 0.102. The summed E-state index contributed by atoms with van der Waals surface area (Å²) in [5, 5.41) is 8.07. The van der Waals surface area contributed by atoms with Crippen molar-refractivity contribution in [3.05, 3.63) is 83.2 Å². The highest BCUT2D eigenvalue weighted by atomic mass is 79.9. The average molecular weight is 423 g/mol. The van der Waals surface area contributed by atoms with Crippen molar-refractivity contribution in [2.45, 2.75) is 6.73 Å². The van der Waals surface area contributed by atoms with E-state index in [0.717, 1.165) is 15.6 Å². The summed E-state index contributed by atoms with van der Waals surface area (Å²) in [5.74, 6) is 0.439. The predicted octanol–water partition coefficient (Wildman–Crippen LogP) is 4.48. The number of amides is 1. The van der Waals surface area contributed by atoms with E-state index in [9.17, 15) is 4.79 Å². The van der Waals surface area contributed by atoms with Gasteiger partial charge in [0.05, 0.1) is 11.2 Å². The molecule has 0 atom stereocenters. The van der Waals surface area contributed by atoms with Crippen LogP contribution in [0.5, 0.6) is 5.75 Å². The van der Waals surface area contributed by atoms with E-state index >= 15 is 0 Å². The van der Waals surface area contributed by atoms with Crippen molar-refractivity contribution in [2.24, 2.45) is 0 Å². The average Bonchev–Trinajstić information content (AvgIpc) is 3.19. The molecule has 4 aromatic rings. The van der Waals surface area contributed by atoms with Gasteiger partial charge in [-0.15, -0.1) is 0 Å². The lowest BCUT2D eigenvalue weighted by Crippen LogP contribution is -2.14. The summed E-state index contributed by atoms with van der Waals surface area (Å²) in [6.45, 7) is 0.222. The number of hydrogen-bond donors (Lipinski definition) is 1. The van der Waals surface area contributed by atoms with Crippen LogP contribution in [0.3, 0.4) is 0 Å². The third kappa shape index (κ3) is 3.83. The van der Waals surface area contributed by atoms with Gasteiger partial charge in [0.1, 0.15) is 5.75 Å². The van der Waals surface area contributed by atoms with E-state index in [-0.39, 0.29) is 12.6 Å². The van der Waals surface area contributed by atoms with Crippen LogP contribution < -0.4 is 10.1 Å². The number of carbonyl (C=O) groups excluding carboxylic acids is 1. The molecule has 0 aliphatic carbocycles. The normalized spacial score (nSPS) is 10.7. The summed E-state index contributed by atoms with van der Waals surface area (Å²) in [6.07, 6.45) is 3.40. The number of halogens is 1. The van der Waals surface area contributed by atoms with E-state index in [2.05, 4.69) is 31.3 Å². The summed E-state index contributed by atoms with van der Waals surface area (Å²) >= 11 is 3.50. The molecule has 2 heterocycles. The molecule has 0 radical (unpaired) electrons. The Bertz CT molecular complexity index is 1100. The maximum absolute atomic E-state index is 12.6. The SMILES string of the molecule is O=C(Nc1ccc(Br)c2cccnc12)c1ccn(COc2ccccc2)n1. The fourth-order valence-electron chi connectivity index (χ4n) is 2.64. The standard InChI is InChI=1S/C20H15BrN4O2/c21-16-8-9-17(19-15(16)7-4-11-22-19)23-20(26)18-10-12-25(24-18)13-27-14-5-2-1-3-6-14/h1-12H,13H2,(H,23,26). The molecule has 6 nitrogen and oxygen atoms in total. The van der Waals surface area contributed by atoms with Crippen LogP contribution in [0.15, 0.2) is 77.5 Å². The van der Waals surface area contributed by atoms with Crippen molar-refractivity contribution >= 4 is 38.4 Å². The van der Waals surface area contributed by atoms with Crippen LogP contribution in [0.4, 0.5) is 5.69 Å². The Morgan fingerprint density at radius 3 is 2.78 bits per heavy atom. The Morgan fingerprint density at radius 2 is 1.93 bits per heavy atom. The number of benzene rings is 2. The van der Waals surface area contributed by atoms with E-state index in [1.54, 1.807) is 23.1 Å². The van der Waals surface area contributed by atoms with Crippen molar-refractivity contribution < 1.29 is 9.53 Å². The summed E-state index contributed by atoms with van der Waals surface area (Å²) in [4.78, 5) is 16.9. The Balaban J connectivity index is 1.48. The van der Waals surface area contributed by atoms with Crippen LogP contribution in [-0.2, 0) is 6.73 Å². The molecule has 0 unspecified atom stereocenters. The number of aromatic nitrogens is 3. The topological polar surface area (TPSA) is 69.0 Å². The number of ether oxygens (including phenoxy) is 1. The molecule has 7 heteroatoms. The van der Waals surface area contributed by atoms with Gasteiger partial charge in [0.15, 0.2) is 12.4 Å². The molecule has 1 N–H and O–H groups in total. The highest BCUT2D eigenvalue weighted by Crippen LogP contribution is 2.28. The predicted molar refractivity (Wildman–Crippen MR) is 107 cm³/mol. The van der Waals surface area contributed by atoms with Gasteiger partial charge >= 0.3 is 0 Å². The van der Waals surface area contributed by atoms with Gasteiger partial charge < -0.3 is 10.1 Å². The second kappa shape index (κ2) is 7.59.